The van der Waals surface area contributed by atoms with Gasteiger partial charge in [-0.1, -0.05) is 18.5 Å². The number of ether oxygens (including phenoxy) is 1. The highest BCUT2D eigenvalue weighted by Gasteiger charge is 2.21. The van der Waals surface area contributed by atoms with Crippen molar-refractivity contribution in [1.82, 2.24) is 9.97 Å². The second kappa shape index (κ2) is 6.34. The quantitative estimate of drug-likeness (QED) is 0.563. The van der Waals surface area contributed by atoms with Gasteiger partial charge in [-0.2, -0.15) is 0 Å². The Balaban J connectivity index is 1.86. The third-order valence-corrected chi connectivity index (χ3v) is 3.53. The molecule has 1 aromatic heterocycles. The molecule has 4 nitrogen and oxygen atoms in total. The Hall–Kier alpha value is -0.870. The zero-order valence-electron chi connectivity index (χ0n) is 11.0. The summed E-state index contributed by atoms with van der Waals surface area (Å²) in [6, 6.07) is 0. The molecule has 0 saturated heterocycles. The van der Waals surface area contributed by atoms with Gasteiger partial charge in [0.1, 0.15) is 17.3 Å². The van der Waals surface area contributed by atoms with Crippen LogP contribution in [0.15, 0.2) is 6.33 Å². The van der Waals surface area contributed by atoms with Gasteiger partial charge < -0.3 is 9.64 Å². The molecule has 100 valence electrons. The Morgan fingerprint density at radius 3 is 2.89 bits per heavy atom. The Bertz CT molecular complexity index is 396. The summed E-state index contributed by atoms with van der Waals surface area (Å²) in [4.78, 5) is 10.4. The van der Waals surface area contributed by atoms with Gasteiger partial charge in [0.05, 0.1) is 6.61 Å². The zero-order chi connectivity index (χ0) is 13.0. The smallest absolute Gasteiger partial charge is 0.137 e. The van der Waals surface area contributed by atoms with E-state index < -0.39 is 0 Å². The van der Waals surface area contributed by atoms with E-state index in [0.29, 0.717) is 5.15 Å². The molecule has 1 aliphatic carbocycles. The largest absolute Gasteiger partial charge is 0.379 e. The van der Waals surface area contributed by atoms with Crippen molar-refractivity contribution in [2.24, 2.45) is 5.92 Å². The van der Waals surface area contributed by atoms with Crippen LogP contribution in [0.3, 0.4) is 0 Å². The maximum atomic E-state index is 6.08. The molecule has 1 saturated carbocycles. The van der Waals surface area contributed by atoms with E-state index in [-0.39, 0.29) is 0 Å². The Morgan fingerprint density at radius 2 is 2.22 bits per heavy atom. The van der Waals surface area contributed by atoms with E-state index >= 15 is 0 Å². The maximum absolute atomic E-state index is 6.08. The summed E-state index contributed by atoms with van der Waals surface area (Å²) < 4.78 is 5.64. The summed E-state index contributed by atoms with van der Waals surface area (Å²) in [6.45, 7) is 4.52. The van der Waals surface area contributed by atoms with Gasteiger partial charge in [0, 0.05) is 25.8 Å². The first-order valence-corrected chi connectivity index (χ1v) is 6.88. The minimum Gasteiger partial charge on any atom is -0.379 e. The molecule has 0 N–H and O–H groups in total. The number of anilines is 1. The first-order chi connectivity index (χ1) is 8.72. The normalized spacial score (nSPS) is 14.8. The van der Waals surface area contributed by atoms with Gasteiger partial charge >= 0.3 is 0 Å². The number of hydrogen-bond donors (Lipinski definition) is 0. The van der Waals surface area contributed by atoms with Crippen molar-refractivity contribution in [2.45, 2.75) is 26.2 Å². The molecule has 1 aromatic rings. The van der Waals surface area contributed by atoms with E-state index in [4.69, 9.17) is 16.3 Å². The van der Waals surface area contributed by atoms with Crippen LogP contribution in [0, 0.1) is 5.92 Å². The first-order valence-electron chi connectivity index (χ1n) is 6.50. The number of hydrogen-bond acceptors (Lipinski definition) is 4. The summed E-state index contributed by atoms with van der Waals surface area (Å²) in [5.74, 6) is 1.72. The molecule has 0 aromatic carbocycles. The first kappa shape index (κ1) is 13.6. The van der Waals surface area contributed by atoms with E-state index in [9.17, 15) is 0 Å². The van der Waals surface area contributed by atoms with Crippen LogP contribution in [-0.4, -0.2) is 36.8 Å². The molecule has 0 atom stereocenters. The van der Waals surface area contributed by atoms with Crippen LogP contribution in [0.1, 0.15) is 25.3 Å². The van der Waals surface area contributed by atoms with Crippen molar-refractivity contribution in [2.75, 3.05) is 31.7 Å². The minimum atomic E-state index is 0.549. The van der Waals surface area contributed by atoms with Crippen molar-refractivity contribution in [1.29, 1.82) is 0 Å². The molecule has 0 bridgehead atoms. The molecule has 18 heavy (non-hydrogen) atoms. The van der Waals surface area contributed by atoms with Gasteiger partial charge in [-0.25, -0.2) is 9.97 Å². The van der Waals surface area contributed by atoms with Gasteiger partial charge in [0.2, 0.25) is 0 Å². The molecule has 1 fully saturated rings. The van der Waals surface area contributed by atoms with E-state index in [1.165, 1.54) is 19.2 Å². The Labute approximate surface area is 113 Å². The molecule has 2 rings (SSSR count). The van der Waals surface area contributed by atoms with Gasteiger partial charge in [-0.15, -0.1) is 0 Å². The number of nitrogens with zero attached hydrogens (tertiary/aromatic N) is 3. The average Bonchev–Trinajstić information content (AvgIpc) is 3.18. The number of aromatic nitrogens is 2. The summed E-state index contributed by atoms with van der Waals surface area (Å²) in [7, 11) is 2.01. The van der Waals surface area contributed by atoms with Crippen molar-refractivity contribution in [3.8, 4) is 0 Å². The molecule has 0 amide bonds. The average molecular weight is 270 g/mol. The lowest BCUT2D eigenvalue weighted by molar-refractivity contribution is 0.130. The fraction of sp³-hybridized carbons (Fsp3) is 0.692. The third-order valence-electron chi connectivity index (χ3n) is 3.21. The zero-order valence-corrected chi connectivity index (χ0v) is 11.8. The van der Waals surface area contributed by atoms with E-state index in [0.717, 1.165) is 43.5 Å². The molecular formula is C13H20ClN3O. The molecule has 1 heterocycles. The molecule has 0 spiro atoms. The second-order valence-electron chi connectivity index (χ2n) is 4.76. The molecular weight excluding hydrogens is 250 g/mol. The highest BCUT2D eigenvalue weighted by molar-refractivity contribution is 6.30. The lowest BCUT2D eigenvalue weighted by Gasteiger charge is -2.20. The van der Waals surface area contributed by atoms with Gasteiger partial charge in [0.15, 0.2) is 0 Å². The summed E-state index contributed by atoms with van der Waals surface area (Å²) >= 11 is 6.08. The molecule has 0 unspecified atom stereocenters. The fourth-order valence-corrected chi connectivity index (χ4v) is 2.12. The SMILES string of the molecule is CCc1c(Cl)ncnc1N(C)CCOCC1CC1. The van der Waals surface area contributed by atoms with Crippen LogP contribution in [0.25, 0.3) is 0 Å². The van der Waals surface area contributed by atoms with Crippen LogP contribution < -0.4 is 4.90 Å². The molecule has 0 radical (unpaired) electrons. The minimum absolute atomic E-state index is 0.549. The van der Waals surface area contributed by atoms with Crippen molar-refractivity contribution < 1.29 is 4.74 Å². The highest BCUT2D eigenvalue weighted by Crippen LogP contribution is 2.28. The standard InChI is InChI=1S/C13H20ClN3O/c1-3-11-12(14)15-9-16-13(11)17(2)6-7-18-8-10-4-5-10/h9-10H,3-8H2,1-2H3. The summed E-state index contributed by atoms with van der Waals surface area (Å²) in [5.41, 5.74) is 1.00. The summed E-state index contributed by atoms with van der Waals surface area (Å²) in [6.07, 6.45) is 5.01. The monoisotopic (exact) mass is 269 g/mol. The lowest BCUT2D eigenvalue weighted by atomic mass is 10.2. The number of halogens is 1. The highest BCUT2D eigenvalue weighted by atomic mass is 35.5. The molecule has 1 aliphatic rings. The third kappa shape index (κ3) is 3.56. The van der Waals surface area contributed by atoms with Crippen LogP contribution in [-0.2, 0) is 11.2 Å². The predicted octanol–water partition coefficient (Wildman–Crippen LogP) is 2.56. The van der Waals surface area contributed by atoms with E-state index in [1.807, 2.05) is 7.05 Å². The van der Waals surface area contributed by atoms with Crippen molar-refractivity contribution in [3.05, 3.63) is 17.0 Å². The molecule has 0 aliphatic heterocycles. The number of likely N-dealkylation sites (N-methyl/N-ethyl adjacent to an activating group) is 1. The molecule has 5 heteroatoms. The van der Waals surface area contributed by atoms with Gasteiger partial charge in [0.25, 0.3) is 0 Å². The van der Waals surface area contributed by atoms with E-state index in [1.54, 1.807) is 0 Å². The number of rotatable bonds is 7. The second-order valence-corrected chi connectivity index (χ2v) is 5.12. The Kier molecular flexibility index (Phi) is 4.78. The van der Waals surface area contributed by atoms with Crippen molar-refractivity contribution in [3.63, 3.8) is 0 Å². The predicted molar refractivity (Wildman–Crippen MR) is 73.2 cm³/mol. The van der Waals surface area contributed by atoms with Crippen LogP contribution >= 0.6 is 11.6 Å². The summed E-state index contributed by atoms with van der Waals surface area (Å²) in [5, 5.41) is 0.549. The Morgan fingerprint density at radius 1 is 1.44 bits per heavy atom. The van der Waals surface area contributed by atoms with Crippen LogP contribution in [0.5, 0.6) is 0 Å². The fourth-order valence-electron chi connectivity index (χ4n) is 1.86. The lowest BCUT2D eigenvalue weighted by Crippen LogP contribution is -2.25. The maximum Gasteiger partial charge on any atom is 0.137 e. The van der Waals surface area contributed by atoms with Crippen molar-refractivity contribution >= 4 is 17.4 Å². The van der Waals surface area contributed by atoms with Gasteiger partial charge in [-0.3, -0.25) is 0 Å². The van der Waals surface area contributed by atoms with Crippen LogP contribution in [0.4, 0.5) is 5.82 Å². The van der Waals surface area contributed by atoms with Crippen LogP contribution in [0.2, 0.25) is 5.15 Å². The van der Waals surface area contributed by atoms with Gasteiger partial charge in [-0.05, 0) is 25.2 Å². The topological polar surface area (TPSA) is 38.2 Å². The van der Waals surface area contributed by atoms with E-state index in [2.05, 4.69) is 21.8 Å².